The van der Waals surface area contributed by atoms with Gasteiger partial charge in [-0.2, -0.15) is 4.31 Å². The molecule has 0 saturated carbocycles. The first-order valence-electron chi connectivity index (χ1n) is 12.7. The molecule has 2 saturated heterocycles. The zero-order chi connectivity index (χ0) is 25.8. The van der Waals surface area contributed by atoms with E-state index in [0.29, 0.717) is 44.0 Å². The molecule has 2 aliphatic heterocycles. The summed E-state index contributed by atoms with van der Waals surface area (Å²) in [5, 5.41) is 0.713. The second-order valence-electron chi connectivity index (χ2n) is 9.59. The molecule has 0 spiro atoms. The van der Waals surface area contributed by atoms with E-state index in [9.17, 15) is 13.2 Å². The van der Waals surface area contributed by atoms with Crippen molar-refractivity contribution in [2.75, 3.05) is 39.3 Å². The fraction of sp³-hybridized carbons (Fsp3) is 0.357. The van der Waals surface area contributed by atoms with Crippen molar-refractivity contribution in [2.45, 2.75) is 23.8 Å². The number of sulfonamides is 1. The molecule has 2 aromatic carbocycles. The van der Waals surface area contributed by atoms with Gasteiger partial charge in [0.2, 0.25) is 15.9 Å². The van der Waals surface area contributed by atoms with Crippen LogP contribution in [0.25, 0.3) is 0 Å². The molecule has 1 aromatic heterocycles. The van der Waals surface area contributed by atoms with Crippen molar-refractivity contribution in [1.29, 1.82) is 0 Å². The SMILES string of the molecule is O=C(C1CCN(S(=O)(=O)c2cccnc2)CC1)N1CCN([C@H](c2ccccc2)c2ccc(Cl)cc2)CC1. The van der Waals surface area contributed by atoms with E-state index in [4.69, 9.17) is 11.6 Å². The summed E-state index contributed by atoms with van der Waals surface area (Å²) in [6.45, 7) is 3.54. The molecule has 9 heteroatoms. The van der Waals surface area contributed by atoms with Crippen molar-refractivity contribution in [3.05, 3.63) is 95.3 Å². The van der Waals surface area contributed by atoms with Crippen LogP contribution in [0, 0.1) is 5.92 Å². The Bertz CT molecular complexity index is 1290. The third kappa shape index (κ3) is 5.72. The Balaban J connectivity index is 1.20. The molecular weight excluding hydrogens is 508 g/mol. The molecule has 3 heterocycles. The number of nitrogens with zero attached hydrogens (tertiary/aromatic N) is 4. The van der Waals surface area contributed by atoms with E-state index in [2.05, 4.69) is 46.3 Å². The number of benzene rings is 2. The second kappa shape index (κ2) is 11.3. The lowest BCUT2D eigenvalue weighted by Crippen LogP contribution is -2.52. The van der Waals surface area contributed by atoms with E-state index in [1.54, 1.807) is 18.3 Å². The van der Waals surface area contributed by atoms with Crippen LogP contribution in [-0.4, -0.2) is 72.7 Å². The molecule has 1 atom stereocenters. The Kier molecular flexibility index (Phi) is 7.90. The lowest BCUT2D eigenvalue weighted by molar-refractivity contribution is -0.138. The van der Waals surface area contributed by atoms with Crippen molar-refractivity contribution < 1.29 is 13.2 Å². The predicted octanol–water partition coefficient (Wildman–Crippen LogP) is 4.07. The highest BCUT2D eigenvalue weighted by Crippen LogP contribution is 2.31. The predicted molar refractivity (Wildman–Crippen MR) is 144 cm³/mol. The second-order valence-corrected chi connectivity index (χ2v) is 12.0. The van der Waals surface area contributed by atoms with Gasteiger partial charge in [0.05, 0.1) is 6.04 Å². The molecule has 7 nitrogen and oxygen atoms in total. The molecule has 0 bridgehead atoms. The number of carbonyl (C=O) groups is 1. The van der Waals surface area contributed by atoms with E-state index in [-0.39, 0.29) is 22.8 Å². The Labute approximate surface area is 223 Å². The number of hydrogen-bond acceptors (Lipinski definition) is 5. The van der Waals surface area contributed by atoms with E-state index in [1.165, 1.54) is 21.6 Å². The minimum atomic E-state index is -3.58. The lowest BCUT2D eigenvalue weighted by atomic mass is 9.95. The number of piperidine rings is 1. The van der Waals surface area contributed by atoms with Crippen LogP contribution in [0.1, 0.15) is 30.0 Å². The third-order valence-corrected chi connectivity index (χ3v) is 9.50. The zero-order valence-electron chi connectivity index (χ0n) is 20.6. The van der Waals surface area contributed by atoms with E-state index >= 15 is 0 Å². The molecule has 0 radical (unpaired) electrons. The van der Waals surface area contributed by atoms with Crippen LogP contribution >= 0.6 is 11.6 Å². The summed E-state index contributed by atoms with van der Waals surface area (Å²) < 4.78 is 27.3. The molecule has 5 rings (SSSR count). The summed E-state index contributed by atoms with van der Waals surface area (Å²) in [6, 6.07) is 21.7. The van der Waals surface area contributed by atoms with Crippen molar-refractivity contribution in [3.8, 4) is 0 Å². The number of rotatable bonds is 6. The standard InChI is InChI=1S/C28H31ClN4O3S/c29-25-10-8-23(9-11-25)27(22-5-2-1-3-6-22)31-17-19-32(20-18-31)28(34)24-12-15-33(16-13-24)37(35,36)26-7-4-14-30-21-26/h1-11,14,21,24,27H,12-13,15-20H2/t27-/m1/s1. The summed E-state index contributed by atoms with van der Waals surface area (Å²) >= 11 is 6.14. The molecule has 3 aromatic rings. The highest BCUT2D eigenvalue weighted by Gasteiger charge is 2.35. The summed E-state index contributed by atoms with van der Waals surface area (Å²) in [7, 11) is -3.58. The lowest BCUT2D eigenvalue weighted by Gasteiger charge is -2.41. The Morgan fingerprint density at radius 2 is 1.49 bits per heavy atom. The minimum Gasteiger partial charge on any atom is -0.340 e. The Morgan fingerprint density at radius 1 is 0.838 bits per heavy atom. The minimum absolute atomic E-state index is 0.0941. The fourth-order valence-corrected chi connectivity index (χ4v) is 6.91. The zero-order valence-corrected chi connectivity index (χ0v) is 22.2. The van der Waals surface area contributed by atoms with E-state index in [1.807, 2.05) is 23.1 Å². The van der Waals surface area contributed by atoms with Crippen LogP contribution < -0.4 is 0 Å². The van der Waals surface area contributed by atoms with Gasteiger partial charge in [0, 0.05) is 62.6 Å². The molecule has 1 amide bonds. The van der Waals surface area contributed by atoms with Crippen molar-refractivity contribution >= 4 is 27.5 Å². The largest absolute Gasteiger partial charge is 0.340 e. The Morgan fingerprint density at radius 3 is 2.11 bits per heavy atom. The number of halogens is 1. The number of carbonyl (C=O) groups excluding carboxylic acids is 1. The monoisotopic (exact) mass is 538 g/mol. The van der Waals surface area contributed by atoms with Gasteiger partial charge in [0.15, 0.2) is 0 Å². The van der Waals surface area contributed by atoms with Gasteiger partial charge in [-0.1, -0.05) is 54.1 Å². The molecule has 2 aliphatic rings. The van der Waals surface area contributed by atoms with Gasteiger partial charge in [-0.15, -0.1) is 0 Å². The Hall–Kier alpha value is -2.78. The van der Waals surface area contributed by atoms with Crippen LogP contribution in [0.5, 0.6) is 0 Å². The maximum absolute atomic E-state index is 13.3. The summed E-state index contributed by atoms with van der Waals surface area (Å²) in [5.41, 5.74) is 2.39. The molecule has 37 heavy (non-hydrogen) atoms. The average Bonchev–Trinajstić information content (AvgIpc) is 2.95. The fourth-order valence-electron chi connectivity index (χ4n) is 5.35. The summed E-state index contributed by atoms with van der Waals surface area (Å²) in [6.07, 6.45) is 4.01. The molecule has 194 valence electrons. The highest BCUT2D eigenvalue weighted by molar-refractivity contribution is 7.89. The van der Waals surface area contributed by atoms with Crippen molar-refractivity contribution in [3.63, 3.8) is 0 Å². The summed E-state index contributed by atoms with van der Waals surface area (Å²) in [4.78, 5) is 21.9. The number of piperazine rings is 1. The van der Waals surface area contributed by atoms with Crippen LogP contribution in [-0.2, 0) is 14.8 Å². The normalized spacial score (nSPS) is 19.0. The van der Waals surface area contributed by atoms with E-state index < -0.39 is 10.0 Å². The molecule has 0 aliphatic carbocycles. The van der Waals surface area contributed by atoms with Gasteiger partial charge < -0.3 is 4.90 Å². The van der Waals surface area contributed by atoms with E-state index in [0.717, 1.165) is 13.1 Å². The van der Waals surface area contributed by atoms with Gasteiger partial charge in [0.1, 0.15) is 4.90 Å². The average molecular weight is 539 g/mol. The third-order valence-electron chi connectivity index (χ3n) is 7.37. The molecular formula is C28H31ClN4O3S. The van der Waals surface area contributed by atoms with Gasteiger partial charge in [-0.05, 0) is 48.2 Å². The first kappa shape index (κ1) is 25.9. The van der Waals surface area contributed by atoms with Crippen LogP contribution in [0.15, 0.2) is 84.0 Å². The molecule has 0 unspecified atom stereocenters. The number of pyridine rings is 1. The maximum atomic E-state index is 13.3. The first-order valence-corrected chi connectivity index (χ1v) is 14.5. The van der Waals surface area contributed by atoms with Crippen molar-refractivity contribution in [1.82, 2.24) is 19.1 Å². The number of hydrogen-bond donors (Lipinski definition) is 0. The van der Waals surface area contributed by atoms with Gasteiger partial charge in [0.25, 0.3) is 0 Å². The molecule has 0 N–H and O–H groups in total. The summed E-state index contributed by atoms with van der Waals surface area (Å²) in [5.74, 6) is -0.00564. The highest BCUT2D eigenvalue weighted by atomic mass is 35.5. The van der Waals surface area contributed by atoms with Crippen LogP contribution in [0.3, 0.4) is 0 Å². The number of amides is 1. The maximum Gasteiger partial charge on any atom is 0.244 e. The number of aromatic nitrogens is 1. The quantitative estimate of drug-likeness (QED) is 0.473. The van der Waals surface area contributed by atoms with Crippen molar-refractivity contribution in [2.24, 2.45) is 5.92 Å². The van der Waals surface area contributed by atoms with Gasteiger partial charge in [-0.25, -0.2) is 8.42 Å². The van der Waals surface area contributed by atoms with Crippen LogP contribution in [0.2, 0.25) is 5.02 Å². The smallest absolute Gasteiger partial charge is 0.244 e. The van der Waals surface area contributed by atoms with Crippen LogP contribution in [0.4, 0.5) is 0 Å². The molecule has 2 fully saturated rings. The topological polar surface area (TPSA) is 73.8 Å². The van der Waals surface area contributed by atoms with Gasteiger partial charge >= 0.3 is 0 Å². The first-order chi connectivity index (χ1) is 17.9. The van der Waals surface area contributed by atoms with Gasteiger partial charge in [-0.3, -0.25) is 14.7 Å².